The van der Waals surface area contributed by atoms with Crippen molar-refractivity contribution < 1.29 is 17.9 Å². The van der Waals surface area contributed by atoms with Crippen LogP contribution in [0.4, 0.5) is 0 Å². The van der Waals surface area contributed by atoms with Gasteiger partial charge >= 0.3 is 0 Å². The molecule has 82 valence electrons. The lowest BCUT2D eigenvalue weighted by molar-refractivity contribution is 0.0678. The monoisotopic (exact) mass is 248 g/mol. The van der Waals surface area contributed by atoms with Gasteiger partial charge in [0.1, 0.15) is 0 Å². The number of hydrogen-bond acceptors (Lipinski definition) is 4. The second kappa shape index (κ2) is 3.28. The zero-order chi connectivity index (χ0) is 11.2. The van der Waals surface area contributed by atoms with Crippen LogP contribution < -0.4 is 9.47 Å². The van der Waals surface area contributed by atoms with E-state index < -0.39 is 15.3 Å². The molecule has 1 aromatic carbocycles. The fraction of sp³-hybridized carbons (Fsp3) is 0.333. The summed E-state index contributed by atoms with van der Waals surface area (Å²) in [4.78, 5) is 0.0561. The zero-order valence-electron chi connectivity index (χ0n) is 8.15. The molecule has 1 atom stereocenters. The highest BCUT2D eigenvalue weighted by Gasteiger charge is 2.24. The first-order chi connectivity index (χ1) is 6.88. The van der Waals surface area contributed by atoms with Crippen LogP contribution in [0, 0.1) is 6.92 Å². The van der Waals surface area contributed by atoms with Gasteiger partial charge in [0.15, 0.2) is 11.5 Å². The van der Waals surface area contributed by atoms with Gasteiger partial charge in [-0.2, -0.15) is 0 Å². The summed E-state index contributed by atoms with van der Waals surface area (Å²) < 4.78 is 33.0. The summed E-state index contributed by atoms with van der Waals surface area (Å²) in [6, 6.07) is 2.99. The largest absolute Gasteiger partial charge is 0.451 e. The molecule has 0 fully saturated rings. The summed E-state index contributed by atoms with van der Waals surface area (Å²) in [5.41, 5.74) is 0.543. The van der Waals surface area contributed by atoms with E-state index in [1.165, 1.54) is 6.07 Å². The van der Waals surface area contributed by atoms with E-state index in [9.17, 15) is 8.42 Å². The minimum absolute atomic E-state index is 0.0561. The Morgan fingerprint density at radius 2 is 1.80 bits per heavy atom. The standard InChI is InChI=1S/C9H9ClO4S/c1-5-3-7-8(14-6(2)13-7)4-9(5)15(10,11)12/h3-4,6H,1-2H3. The minimum Gasteiger partial charge on any atom is -0.451 e. The molecule has 0 saturated heterocycles. The van der Waals surface area contributed by atoms with Crippen LogP contribution in [0.15, 0.2) is 17.0 Å². The van der Waals surface area contributed by atoms with Crippen LogP contribution in [0.25, 0.3) is 0 Å². The van der Waals surface area contributed by atoms with Crippen molar-refractivity contribution in [2.75, 3.05) is 0 Å². The van der Waals surface area contributed by atoms with Crippen molar-refractivity contribution in [3.8, 4) is 11.5 Å². The van der Waals surface area contributed by atoms with Gasteiger partial charge in [0, 0.05) is 23.7 Å². The first kappa shape index (κ1) is 10.6. The molecule has 0 N–H and O–H groups in total. The van der Waals surface area contributed by atoms with Crippen LogP contribution in [0.1, 0.15) is 12.5 Å². The van der Waals surface area contributed by atoms with Gasteiger partial charge in [-0.05, 0) is 18.6 Å². The van der Waals surface area contributed by atoms with Gasteiger partial charge in [0.25, 0.3) is 9.05 Å². The molecular weight excluding hydrogens is 240 g/mol. The van der Waals surface area contributed by atoms with E-state index in [2.05, 4.69) is 0 Å². The number of fused-ring (bicyclic) bond motifs is 1. The van der Waals surface area contributed by atoms with Crippen LogP contribution in [0.5, 0.6) is 11.5 Å². The molecule has 1 aliphatic rings. The molecule has 0 spiro atoms. The maximum absolute atomic E-state index is 11.2. The lowest BCUT2D eigenvalue weighted by atomic mass is 10.2. The molecule has 1 heterocycles. The molecule has 0 amide bonds. The fourth-order valence-electron chi connectivity index (χ4n) is 1.47. The van der Waals surface area contributed by atoms with Gasteiger partial charge < -0.3 is 9.47 Å². The van der Waals surface area contributed by atoms with Crippen LogP contribution in [0.3, 0.4) is 0 Å². The Morgan fingerprint density at radius 1 is 1.27 bits per heavy atom. The van der Waals surface area contributed by atoms with E-state index >= 15 is 0 Å². The Hall–Kier alpha value is -0.940. The highest BCUT2D eigenvalue weighted by atomic mass is 35.7. The number of halogens is 1. The van der Waals surface area contributed by atoms with E-state index in [4.69, 9.17) is 20.2 Å². The molecule has 0 radical (unpaired) electrons. The fourth-order valence-corrected chi connectivity index (χ4v) is 2.66. The summed E-state index contributed by atoms with van der Waals surface area (Å²) >= 11 is 0. The number of aryl methyl sites for hydroxylation is 1. The van der Waals surface area contributed by atoms with Gasteiger partial charge in [-0.3, -0.25) is 0 Å². The van der Waals surface area contributed by atoms with Crippen molar-refractivity contribution in [3.05, 3.63) is 17.7 Å². The molecule has 4 nitrogen and oxygen atoms in total. The Bertz CT molecular complexity index is 509. The van der Waals surface area contributed by atoms with E-state index in [0.717, 1.165) is 0 Å². The molecule has 1 unspecified atom stereocenters. The number of benzene rings is 1. The van der Waals surface area contributed by atoms with Gasteiger partial charge in [-0.25, -0.2) is 8.42 Å². The maximum Gasteiger partial charge on any atom is 0.261 e. The normalized spacial score (nSPS) is 19.3. The van der Waals surface area contributed by atoms with Crippen LogP contribution in [-0.4, -0.2) is 14.7 Å². The van der Waals surface area contributed by atoms with Crippen LogP contribution in [-0.2, 0) is 9.05 Å². The lowest BCUT2D eigenvalue weighted by Gasteiger charge is -2.03. The quantitative estimate of drug-likeness (QED) is 0.714. The summed E-state index contributed by atoms with van der Waals surface area (Å²) in [6.07, 6.45) is -0.396. The van der Waals surface area contributed by atoms with Gasteiger partial charge in [0.05, 0.1) is 4.90 Å². The van der Waals surface area contributed by atoms with Crippen molar-refractivity contribution in [1.29, 1.82) is 0 Å². The van der Waals surface area contributed by atoms with Crippen molar-refractivity contribution >= 4 is 19.7 Å². The third kappa shape index (κ3) is 1.89. The van der Waals surface area contributed by atoms with Gasteiger partial charge in [0.2, 0.25) is 6.29 Å². The molecule has 15 heavy (non-hydrogen) atoms. The Morgan fingerprint density at radius 3 is 2.33 bits per heavy atom. The molecule has 1 aliphatic heterocycles. The summed E-state index contributed by atoms with van der Waals surface area (Å²) in [7, 11) is 1.54. The van der Waals surface area contributed by atoms with E-state index in [1.807, 2.05) is 0 Å². The molecule has 0 aliphatic carbocycles. The second-order valence-corrected chi connectivity index (χ2v) is 5.84. The minimum atomic E-state index is -3.74. The smallest absolute Gasteiger partial charge is 0.261 e. The molecule has 2 rings (SSSR count). The predicted octanol–water partition coefficient (Wildman–Crippen LogP) is 2.04. The van der Waals surface area contributed by atoms with Crippen molar-refractivity contribution in [3.63, 3.8) is 0 Å². The van der Waals surface area contributed by atoms with E-state index in [1.54, 1.807) is 19.9 Å². The topological polar surface area (TPSA) is 52.6 Å². The zero-order valence-corrected chi connectivity index (χ0v) is 9.72. The Kier molecular flexibility index (Phi) is 2.31. The highest BCUT2D eigenvalue weighted by molar-refractivity contribution is 8.13. The van der Waals surface area contributed by atoms with Crippen LogP contribution >= 0.6 is 10.7 Å². The number of rotatable bonds is 1. The average molecular weight is 249 g/mol. The number of hydrogen-bond donors (Lipinski definition) is 0. The van der Waals surface area contributed by atoms with Crippen molar-refractivity contribution in [1.82, 2.24) is 0 Å². The molecule has 0 saturated carbocycles. The molecular formula is C9H9ClO4S. The Balaban J connectivity index is 2.59. The van der Waals surface area contributed by atoms with E-state index in [-0.39, 0.29) is 4.90 Å². The van der Waals surface area contributed by atoms with Gasteiger partial charge in [-0.15, -0.1) is 0 Å². The van der Waals surface area contributed by atoms with Crippen LogP contribution in [0.2, 0.25) is 0 Å². The molecule has 1 aromatic rings. The molecule has 6 heteroatoms. The predicted molar refractivity (Wildman–Crippen MR) is 54.9 cm³/mol. The second-order valence-electron chi connectivity index (χ2n) is 3.31. The third-order valence-corrected chi connectivity index (χ3v) is 3.55. The van der Waals surface area contributed by atoms with E-state index in [0.29, 0.717) is 17.1 Å². The Labute approximate surface area is 92.2 Å². The average Bonchev–Trinajstić information content (AvgIpc) is 2.40. The first-order valence-corrected chi connectivity index (χ1v) is 6.61. The molecule has 0 bridgehead atoms. The third-order valence-electron chi connectivity index (χ3n) is 2.09. The SMILES string of the molecule is Cc1cc2c(cc1S(=O)(=O)Cl)OC(C)O2. The summed E-state index contributed by atoms with van der Waals surface area (Å²) in [5.74, 6) is 0.955. The maximum atomic E-state index is 11.2. The van der Waals surface area contributed by atoms with Crippen molar-refractivity contribution in [2.45, 2.75) is 25.0 Å². The lowest BCUT2D eigenvalue weighted by Crippen LogP contribution is -2.11. The number of ether oxygens (including phenoxy) is 2. The summed E-state index contributed by atoms with van der Waals surface area (Å²) in [5, 5.41) is 0. The van der Waals surface area contributed by atoms with Gasteiger partial charge in [-0.1, -0.05) is 0 Å². The van der Waals surface area contributed by atoms with Crippen molar-refractivity contribution in [2.24, 2.45) is 0 Å². The first-order valence-electron chi connectivity index (χ1n) is 4.30. The highest BCUT2D eigenvalue weighted by Crippen LogP contribution is 2.38. The molecule has 0 aromatic heterocycles. The summed E-state index contributed by atoms with van der Waals surface area (Å²) in [6.45, 7) is 3.38.